The Morgan fingerprint density at radius 1 is 1.55 bits per heavy atom. The van der Waals surface area contributed by atoms with Crippen molar-refractivity contribution in [1.29, 1.82) is 0 Å². The van der Waals surface area contributed by atoms with Crippen LogP contribution < -0.4 is 5.32 Å². The minimum atomic E-state index is 0.312. The summed E-state index contributed by atoms with van der Waals surface area (Å²) in [6.07, 6.45) is 5.43. The predicted molar refractivity (Wildman–Crippen MR) is 45.5 cm³/mol. The number of fused-ring (bicyclic) bond motifs is 1. The molecule has 0 amide bonds. The molecule has 0 aromatic carbocycles. The van der Waals surface area contributed by atoms with Crippen LogP contribution in [0.5, 0.6) is 0 Å². The largest absolute Gasteiger partial charge is 0.375 e. The third-order valence-corrected chi connectivity index (χ3v) is 1.62. The first kappa shape index (κ1) is 6.34. The first-order chi connectivity index (χ1) is 5.36. The second kappa shape index (κ2) is 2.34. The number of nitrogens with one attached hydrogen (secondary N) is 1. The predicted octanol–water partition coefficient (Wildman–Crippen LogP) is 1.60. The van der Waals surface area contributed by atoms with Crippen LogP contribution in [0.3, 0.4) is 0 Å². The number of rotatable bonds is 0. The summed E-state index contributed by atoms with van der Waals surface area (Å²) in [5, 5.41) is 3.25. The standard InChI is InChI=1S/C8H9N3/c1-6-4-10-7-2-3-9-5-8(7)11-6/h2-6,11H,1H3. The molecule has 1 unspecified atom stereocenters. The van der Waals surface area contributed by atoms with Crippen LogP contribution in [0, 0.1) is 0 Å². The lowest BCUT2D eigenvalue weighted by Gasteiger charge is -2.16. The van der Waals surface area contributed by atoms with Gasteiger partial charge in [-0.05, 0) is 13.0 Å². The quantitative estimate of drug-likeness (QED) is 0.605. The van der Waals surface area contributed by atoms with E-state index in [1.807, 2.05) is 12.3 Å². The fraction of sp³-hybridized carbons (Fsp3) is 0.250. The molecule has 1 aromatic rings. The molecule has 1 atom stereocenters. The Bertz CT molecular complexity index is 293. The SMILES string of the molecule is CC1C=Nc2ccncc2N1. The maximum absolute atomic E-state index is 4.25. The highest BCUT2D eigenvalue weighted by molar-refractivity contribution is 5.81. The summed E-state index contributed by atoms with van der Waals surface area (Å²) in [6, 6.07) is 2.21. The minimum Gasteiger partial charge on any atom is -0.375 e. The van der Waals surface area contributed by atoms with Crippen molar-refractivity contribution in [3.8, 4) is 0 Å². The van der Waals surface area contributed by atoms with Crippen LogP contribution in [0.2, 0.25) is 0 Å². The second-order valence-corrected chi connectivity index (χ2v) is 2.60. The van der Waals surface area contributed by atoms with Gasteiger partial charge >= 0.3 is 0 Å². The van der Waals surface area contributed by atoms with Crippen LogP contribution in [-0.2, 0) is 0 Å². The molecule has 3 heteroatoms. The zero-order valence-electron chi connectivity index (χ0n) is 6.28. The lowest BCUT2D eigenvalue weighted by molar-refractivity contribution is 1.05. The van der Waals surface area contributed by atoms with E-state index in [-0.39, 0.29) is 0 Å². The summed E-state index contributed by atoms with van der Waals surface area (Å²) < 4.78 is 0. The monoisotopic (exact) mass is 147 g/mol. The van der Waals surface area contributed by atoms with Crippen molar-refractivity contribution in [2.24, 2.45) is 4.99 Å². The third kappa shape index (κ3) is 1.09. The fourth-order valence-electron chi connectivity index (χ4n) is 1.09. The Balaban J connectivity index is 2.46. The van der Waals surface area contributed by atoms with Gasteiger partial charge in [-0.15, -0.1) is 0 Å². The Labute approximate surface area is 65.2 Å². The molecule has 0 aliphatic carbocycles. The van der Waals surface area contributed by atoms with E-state index in [2.05, 4.69) is 22.2 Å². The molecular formula is C8H9N3. The van der Waals surface area contributed by atoms with Crippen LogP contribution in [0.25, 0.3) is 0 Å². The van der Waals surface area contributed by atoms with Crippen molar-refractivity contribution in [2.75, 3.05) is 5.32 Å². The molecule has 0 radical (unpaired) electrons. The zero-order valence-corrected chi connectivity index (χ0v) is 6.28. The van der Waals surface area contributed by atoms with Gasteiger partial charge in [0.05, 0.1) is 23.6 Å². The van der Waals surface area contributed by atoms with Gasteiger partial charge in [-0.25, -0.2) is 0 Å². The van der Waals surface area contributed by atoms with Crippen molar-refractivity contribution in [3.63, 3.8) is 0 Å². The zero-order chi connectivity index (χ0) is 7.68. The fourth-order valence-corrected chi connectivity index (χ4v) is 1.09. The minimum absolute atomic E-state index is 0.312. The summed E-state index contributed by atoms with van der Waals surface area (Å²) in [5.74, 6) is 0. The molecule has 1 N–H and O–H groups in total. The number of aromatic nitrogens is 1. The van der Waals surface area contributed by atoms with Gasteiger partial charge in [0.1, 0.15) is 0 Å². The van der Waals surface area contributed by atoms with E-state index in [9.17, 15) is 0 Å². The molecule has 0 saturated carbocycles. The molecule has 2 rings (SSSR count). The van der Waals surface area contributed by atoms with Crippen LogP contribution in [0.1, 0.15) is 6.92 Å². The summed E-state index contributed by atoms with van der Waals surface area (Å²) >= 11 is 0. The number of nitrogens with zero attached hydrogens (tertiary/aromatic N) is 2. The molecule has 11 heavy (non-hydrogen) atoms. The van der Waals surface area contributed by atoms with Crippen molar-refractivity contribution in [3.05, 3.63) is 18.5 Å². The number of hydrogen-bond acceptors (Lipinski definition) is 3. The van der Waals surface area contributed by atoms with E-state index in [0.717, 1.165) is 11.4 Å². The molecule has 0 saturated heterocycles. The van der Waals surface area contributed by atoms with E-state index in [0.29, 0.717) is 6.04 Å². The first-order valence-corrected chi connectivity index (χ1v) is 3.61. The number of hydrogen-bond donors (Lipinski definition) is 1. The van der Waals surface area contributed by atoms with E-state index in [1.54, 1.807) is 12.4 Å². The summed E-state index contributed by atoms with van der Waals surface area (Å²) in [7, 11) is 0. The van der Waals surface area contributed by atoms with Gasteiger partial charge in [0.25, 0.3) is 0 Å². The molecule has 1 aliphatic rings. The molecule has 56 valence electrons. The highest BCUT2D eigenvalue weighted by Crippen LogP contribution is 2.25. The van der Waals surface area contributed by atoms with Crippen LogP contribution in [0.15, 0.2) is 23.5 Å². The highest BCUT2D eigenvalue weighted by atomic mass is 15.0. The lowest BCUT2D eigenvalue weighted by atomic mass is 10.2. The second-order valence-electron chi connectivity index (χ2n) is 2.60. The Morgan fingerprint density at radius 2 is 2.45 bits per heavy atom. The molecule has 0 fully saturated rings. The molecule has 3 nitrogen and oxygen atoms in total. The third-order valence-electron chi connectivity index (χ3n) is 1.62. The maximum Gasteiger partial charge on any atom is 0.0889 e. The average molecular weight is 147 g/mol. The first-order valence-electron chi connectivity index (χ1n) is 3.61. The van der Waals surface area contributed by atoms with Crippen molar-refractivity contribution in [1.82, 2.24) is 4.98 Å². The Morgan fingerprint density at radius 3 is 3.36 bits per heavy atom. The highest BCUT2D eigenvalue weighted by Gasteiger charge is 2.07. The molecular weight excluding hydrogens is 138 g/mol. The summed E-state index contributed by atoms with van der Waals surface area (Å²) in [5.41, 5.74) is 1.99. The topological polar surface area (TPSA) is 37.3 Å². The lowest BCUT2D eigenvalue weighted by Crippen LogP contribution is -2.19. The molecule has 0 bridgehead atoms. The Kier molecular flexibility index (Phi) is 1.35. The van der Waals surface area contributed by atoms with Gasteiger partial charge < -0.3 is 5.32 Å². The molecule has 2 heterocycles. The Hall–Kier alpha value is -1.38. The van der Waals surface area contributed by atoms with Crippen molar-refractivity contribution in [2.45, 2.75) is 13.0 Å². The van der Waals surface area contributed by atoms with Gasteiger partial charge in [-0.3, -0.25) is 9.98 Å². The average Bonchev–Trinajstić information content (AvgIpc) is 2.04. The van der Waals surface area contributed by atoms with Crippen LogP contribution in [0.4, 0.5) is 11.4 Å². The molecule has 1 aromatic heterocycles. The maximum atomic E-state index is 4.25. The van der Waals surface area contributed by atoms with E-state index >= 15 is 0 Å². The van der Waals surface area contributed by atoms with E-state index in [1.165, 1.54) is 0 Å². The van der Waals surface area contributed by atoms with Gasteiger partial charge in [-0.2, -0.15) is 0 Å². The summed E-state index contributed by atoms with van der Waals surface area (Å²) in [4.78, 5) is 8.24. The van der Waals surface area contributed by atoms with Crippen molar-refractivity contribution < 1.29 is 0 Å². The van der Waals surface area contributed by atoms with Crippen LogP contribution in [-0.4, -0.2) is 17.2 Å². The van der Waals surface area contributed by atoms with Crippen LogP contribution >= 0.6 is 0 Å². The number of anilines is 1. The van der Waals surface area contributed by atoms with Crippen molar-refractivity contribution >= 4 is 17.6 Å². The molecule has 0 spiro atoms. The van der Waals surface area contributed by atoms with Gasteiger partial charge in [-0.1, -0.05) is 0 Å². The summed E-state index contributed by atoms with van der Waals surface area (Å²) in [6.45, 7) is 2.06. The van der Waals surface area contributed by atoms with E-state index < -0.39 is 0 Å². The number of aliphatic imine (C=N–C) groups is 1. The number of pyridine rings is 1. The van der Waals surface area contributed by atoms with Gasteiger partial charge in [0, 0.05) is 12.4 Å². The van der Waals surface area contributed by atoms with E-state index in [4.69, 9.17) is 0 Å². The smallest absolute Gasteiger partial charge is 0.0889 e. The van der Waals surface area contributed by atoms with Gasteiger partial charge in [0.2, 0.25) is 0 Å². The van der Waals surface area contributed by atoms with Gasteiger partial charge in [0.15, 0.2) is 0 Å². The molecule has 1 aliphatic heterocycles. The normalized spacial score (nSPS) is 20.6.